The lowest BCUT2D eigenvalue weighted by Crippen LogP contribution is -2.35. The fraction of sp³-hybridized carbons (Fsp3) is 0.923. The van der Waals surface area contributed by atoms with Gasteiger partial charge in [-0.25, -0.2) is 0 Å². The molecule has 0 aliphatic carbocycles. The van der Waals surface area contributed by atoms with Gasteiger partial charge in [0.25, 0.3) is 0 Å². The van der Waals surface area contributed by atoms with Crippen molar-refractivity contribution in [3.63, 3.8) is 0 Å². The van der Waals surface area contributed by atoms with Gasteiger partial charge in [0.2, 0.25) is 5.91 Å². The second kappa shape index (κ2) is 8.48. The zero-order valence-electron chi connectivity index (χ0n) is 11.3. The van der Waals surface area contributed by atoms with Crippen LogP contribution >= 0.6 is 0 Å². The first-order valence-corrected chi connectivity index (χ1v) is 6.94. The molecule has 0 aromatic carbocycles. The van der Waals surface area contributed by atoms with Crippen LogP contribution in [-0.2, 0) is 4.79 Å². The van der Waals surface area contributed by atoms with E-state index < -0.39 is 0 Å². The second-order valence-electron chi connectivity index (χ2n) is 4.93. The van der Waals surface area contributed by atoms with E-state index in [0.29, 0.717) is 12.5 Å². The maximum atomic E-state index is 11.5. The number of nitrogens with one attached hydrogen (secondary N) is 2. The smallest absolute Gasteiger partial charge is 0.221 e. The van der Waals surface area contributed by atoms with E-state index in [1.807, 2.05) is 6.92 Å². The zero-order valence-corrected chi connectivity index (χ0v) is 11.3. The highest BCUT2D eigenvalue weighted by molar-refractivity contribution is 5.76. The molecule has 1 aliphatic rings. The molecule has 100 valence electrons. The summed E-state index contributed by atoms with van der Waals surface area (Å²) in [6.45, 7) is 9.52. The Morgan fingerprint density at radius 2 is 2.00 bits per heavy atom. The number of rotatable bonds is 8. The summed E-state index contributed by atoms with van der Waals surface area (Å²) >= 11 is 0. The van der Waals surface area contributed by atoms with E-state index in [2.05, 4.69) is 22.5 Å². The average molecular weight is 241 g/mol. The Kier molecular flexibility index (Phi) is 7.21. The van der Waals surface area contributed by atoms with Crippen LogP contribution in [-0.4, -0.2) is 49.6 Å². The molecule has 0 radical (unpaired) electrons. The first kappa shape index (κ1) is 14.5. The zero-order chi connectivity index (χ0) is 12.5. The van der Waals surface area contributed by atoms with E-state index >= 15 is 0 Å². The summed E-state index contributed by atoms with van der Waals surface area (Å²) in [5.74, 6) is 0.160. The van der Waals surface area contributed by atoms with Gasteiger partial charge in [0, 0.05) is 32.1 Å². The summed E-state index contributed by atoms with van der Waals surface area (Å²) in [4.78, 5) is 13.9. The van der Waals surface area contributed by atoms with Gasteiger partial charge in [-0.3, -0.25) is 4.79 Å². The third kappa shape index (κ3) is 6.64. The molecule has 0 aromatic rings. The van der Waals surface area contributed by atoms with E-state index in [0.717, 1.165) is 26.1 Å². The fourth-order valence-corrected chi connectivity index (χ4v) is 2.02. The number of amides is 1. The second-order valence-corrected chi connectivity index (χ2v) is 4.93. The van der Waals surface area contributed by atoms with Gasteiger partial charge in [-0.15, -0.1) is 0 Å². The molecule has 2 N–H and O–H groups in total. The fourth-order valence-electron chi connectivity index (χ4n) is 2.02. The van der Waals surface area contributed by atoms with Gasteiger partial charge in [-0.2, -0.15) is 0 Å². The van der Waals surface area contributed by atoms with Crippen molar-refractivity contribution in [2.45, 2.75) is 45.6 Å². The van der Waals surface area contributed by atoms with Crippen molar-refractivity contribution in [2.24, 2.45) is 0 Å². The average Bonchev–Trinajstić information content (AvgIpc) is 2.81. The topological polar surface area (TPSA) is 44.4 Å². The normalized spacial score (nSPS) is 18.2. The van der Waals surface area contributed by atoms with Crippen molar-refractivity contribution in [1.82, 2.24) is 15.5 Å². The molecule has 0 spiro atoms. The summed E-state index contributed by atoms with van der Waals surface area (Å²) in [7, 11) is 0. The minimum Gasteiger partial charge on any atom is -0.354 e. The van der Waals surface area contributed by atoms with Gasteiger partial charge in [-0.05, 0) is 39.3 Å². The van der Waals surface area contributed by atoms with Gasteiger partial charge in [0.15, 0.2) is 0 Å². The number of hydrogen-bond acceptors (Lipinski definition) is 3. The molecular weight excluding hydrogens is 214 g/mol. The van der Waals surface area contributed by atoms with Crippen molar-refractivity contribution >= 4 is 5.91 Å². The first-order valence-electron chi connectivity index (χ1n) is 6.94. The van der Waals surface area contributed by atoms with Crippen molar-refractivity contribution in [3.05, 3.63) is 0 Å². The molecule has 0 saturated carbocycles. The molecular formula is C13H27N3O. The Balaban J connectivity index is 1.90. The van der Waals surface area contributed by atoms with Crippen LogP contribution in [0.25, 0.3) is 0 Å². The maximum absolute atomic E-state index is 11.5. The van der Waals surface area contributed by atoms with Crippen molar-refractivity contribution in [3.8, 4) is 0 Å². The van der Waals surface area contributed by atoms with Crippen molar-refractivity contribution < 1.29 is 4.79 Å². The van der Waals surface area contributed by atoms with Crippen LogP contribution in [0, 0.1) is 0 Å². The number of likely N-dealkylation sites (tertiary alicyclic amines) is 1. The molecule has 0 bridgehead atoms. The predicted molar refractivity (Wildman–Crippen MR) is 71.1 cm³/mol. The van der Waals surface area contributed by atoms with Crippen LogP contribution in [0.2, 0.25) is 0 Å². The molecule has 1 aliphatic heterocycles. The number of hydrogen-bond donors (Lipinski definition) is 2. The predicted octanol–water partition coefficient (Wildman–Crippen LogP) is 0.977. The summed E-state index contributed by atoms with van der Waals surface area (Å²) in [6.07, 6.45) is 4.27. The van der Waals surface area contributed by atoms with E-state index in [-0.39, 0.29) is 5.91 Å². The lowest BCUT2D eigenvalue weighted by atomic mass is 10.2. The van der Waals surface area contributed by atoms with Crippen LogP contribution in [0.15, 0.2) is 0 Å². The largest absolute Gasteiger partial charge is 0.354 e. The number of nitrogens with zero attached hydrogens (tertiary/aromatic N) is 1. The van der Waals surface area contributed by atoms with Gasteiger partial charge < -0.3 is 15.5 Å². The summed E-state index contributed by atoms with van der Waals surface area (Å²) < 4.78 is 0. The summed E-state index contributed by atoms with van der Waals surface area (Å²) in [5, 5.41) is 6.30. The van der Waals surface area contributed by atoms with Crippen molar-refractivity contribution in [1.29, 1.82) is 0 Å². The molecule has 1 amide bonds. The first-order chi connectivity index (χ1) is 8.22. The lowest BCUT2D eigenvalue weighted by Gasteiger charge is -2.15. The Labute approximate surface area is 105 Å². The maximum Gasteiger partial charge on any atom is 0.221 e. The van der Waals surface area contributed by atoms with E-state index in [1.54, 1.807) is 0 Å². The third-order valence-electron chi connectivity index (χ3n) is 3.35. The Morgan fingerprint density at radius 3 is 2.65 bits per heavy atom. The van der Waals surface area contributed by atoms with Gasteiger partial charge in [0.1, 0.15) is 0 Å². The molecule has 1 unspecified atom stereocenters. The minimum absolute atomic E-state index is 0.160. The van der Waals surface area contributed by atoms with Gasteiger partial charge in [-0.1, -0.05) is 6.92 Å². The Hall–Kier alpha value is -0.610. The molecule has 4 nitrogen and oxygen atoms in total. The number of carbonyl (C=O) groups excluding carboxylic acids is 1. The molecule has 1 rings (SSSR count). The van der Waals surface area contributed by atoms with Crippen LogP contribution < -0.4 is 10.6 Å². The molecule has 1 saturated heterocycles. The monoisotopic (exact) mass is 241 g/mol. The summed E-state index contributed by atoms with van der Waals surface area (Å²) in [6, 6.07) is 0.298. The van der Waals surface area contributed by atoms with Crippen LogP contribution in [0.1, 0.15) is 39.5 Å². The SMILES string of the molecule is CCC(C)NC(=O)CCNCCN1CCCC1. The van der Waals surface area contributed by atoms with Crippen LogP contribution in [0.3, 0.4) is 0 Å². The lowest BCUT2D eigenvalue weighted by molar-refractivity contribution is -0.121. The third-order valence-corrected chi connectivity index (χ3v) is 3.35. The minimum atomic E-state index is 0.160. The molecule has 1 atom stereocenters. The highest BCUT2D eigenvalue weighted by Gasteiger charge is 2.10. The highest BCUT2D eigenvalue weighted by Crippen LogP contribution is 2.05. The van der Waals surface area contributed by atoms with Crippen LogP contribution in [0.4, 0.5) is 0 Å². The van der Waals surface area contributed by atoms with E-state index in [9.17, 15) is 4.79 Å². The Bertz CT molecular complexity index is 215. The van der Waals surface area contributed by atoms with Crippen molar-refractivity contribution in [2.75, 3.05) is 32.7 Å². The van der Waals surface area contributed by atoms with Gasteiger partial charge >= 0.3 is 0 Å². The molecule has 1 fully saturated rings. The molecule has 1 heterocycles. The molecule has 17 heavy (non-hydrogen) atoms. The summed E-state index contributed by atoms with van der Waals surface area (Å²) in [5.41, 5.74) is 0. The number of carbonyl (C=O) groups is 1. The van der Waals surface area contributed by atoms with Crippen LogP contribution in [0.5, 0.6) is 0 Å². The standard InChI is InChI=1S/C13H27N3O/c1-3-12(2)15-13(17)6-7-14-8-11-16-9-4-5-10-16/h12,14H,3-11H2,1-2H3,(H,15,17). The highest BCUT2D eigenvalue weighted by atomic mass is 16.1. The van der Waals surface area contributed by atoms with Gasteiger partial charge in [0.05, 0.1) is 0 Å². The molecule has 0 aromatic heterocycles. The Morgan fingerprint density at radius 1 is 1.29 bits per heavy atom. The quantitative estimate of drug-likeness (QED) is 0.623. The van der Waals surface area contributed by atoms with E-state index in [4.69, 9.17) is 0 Å². The van der Waals surface area contributed by atoms with E-state index in [1.165, 1.54) is 25.9 Å². The molecule has 4 heteroatoms.